The molecule has 1 heterocycles. The van der Waals surface area contributed by atoms with Gasteiger partial charge in [0, 0.05) is 19.5 Å². The summed E-state index contributed by atoms with van der Waals surface area (Å²) in [6, 6.07) is 15.8. The van der Waals surface area contributed by atoms with Crippen LogP contribution in [0.15, 0.2) is 54.6 Å². The molecule has 160 valence electrons. The maximum absolute atomic E-state index is 13.2. The van der Waals surface area contributed by atoms with E-state index in [4.69, 9.17) is 0 Å². The summed E-state index contributed by atoms with van der Waals surface area (Å²) < 4.78 is 0. The Balaban J connectivity index is 1.33. The minimum atomic E-state index is -1.06. The number of hydrogen-bond donors (Lipinski definition) is 3. The van der Waals surface area contributed by atoms with E-state index >= 15 is 0 Å². The van der Waals surface area contributed by atoms with Crippen molar-refractivity contribution in [2.24, 2.45) is 0 Å². The van der Waals surface area contributed by atoms with E-state index in [0.29, 0.717) is 6.42 Å². The summed E-state index contributed by atoms with van der Waals surface area (Å²) in [6.45, 7) is 0.196. The van der Waals surface area contributed by atoms with Crippen LogP contribution in [0.2, 0.25) is 0 Å². The molecule has 2 aromatic rings. The van der Waals surface area contributed by atoms with Crippen molar-refractivity contribution in [1.29, 1.82) is 0 Å². The zero-order valence-corrected chi connectivity index (χ0v) is 17.0. The first kappa shape index (κ1) is 20.6. The van der Waals surface area contributed by atoms with E-state index in [1.807, 2.05) is 54.6 Å². The lowest BCUT2D eigenvalue weighted by Gasteiger charge is -2.33. The molecule has 1 unspecified atom stereocenters. The zero-order valence-electron chi connectivity index (χ0n) is 17.0. The molecule has 8 nitrogen and oxygen atoms in total. The Morgan fingerprint density at radius 1 is 1.03 bits per heavy atom. The van der Waals surface area contributed by atoms with Crippen LogP contribution in [0.25, 0.3) is 0 Å². The molecule has 6 amide bonds. The van der Waals surface area contributed by atoms with Gasteiger partial charge in [-0.2, -0.15) is 0 Å². The summed E-state index contributed by atoms with van der Waals surface area (Å²) in [6.07, 6.45) is 2.02. The molecule has 0 radical (unpaired) electrons. The SMILES string of the molecule is O=C(CCN1C(=O)NC2(CCCc3ccccc32)C1=O)NC(=O)NCc1ccccc1. The fraction of sp³-hybridized carbons (Fsp3) is 0.304. The Hall–Kier alpha value is -3.68. The Morgan fingerprint density at radius 2 is 1.77 bits per heavy atom. The number of aryl methyl sites for hydroxylation is 1. The van der Waals surface area contributed by atoms with Crippen molar-refractivity contribution in [3.63, 3.8) is 0 Å². The Labute approximate surface area is 180 Å². The summed E-state index contributed by atoms with van der Waals surface area (Å²) in [7, 11) is 0. The minimum Gasteiger partial charge on any atom is -0.334 e. The fourth-order valence-corrected chi connectivity index (χ4v) is 4.24. The van der Waals surface area contributed by atoms with Crippen molar-refractivity contribution in [2.75, 3.05) is 6.54 Å². The van der Waals surface area contributed by atoms with Crippen LogP contribution in [0.1, 0.15) is 36.0 Å². The molecule has 1 atom stereocenters. The van der Waals surface area contributed by atoms with Gasteiger partial charge in [0.2, 0.25) is 5.91 Å². The Kier molecular flexibility index (Phi) is 5.70. The third-order valence-electron chi connectivity index (χ3n) is 5.76. The average molecular weight is 420 g/mol. The molecule has 1 aliphatic carbocycles. The summed E-state index contributed by atoms with van der Waals surface area (Å²) in [4.78, 5) is 50.9. The molecule has 0 saturated carbocycles. The van der Waals surface area contributed by atoms with Crippen molar-refractivity contribution < 1.29 is 19.2 Å². The minimum absolute atomic E-state index is 0.0909. The lowest BCUT2D eigenvalue weighted by Crippen LogP contribution is -2.46. The fourth-order valence-electron chi connectivity index (χ4n) is 4.24. The molecular formula is C23H24N4O4. The van der Waals surface area contributed by atoms with E-state index in [1.54, 1.807) is 0 Å². The molecule has 0 aromatic heterocycles. The average Bonchev–Trinajstić information content (AvgIpc) is 3.01. The van der Waals surface area contributed by atoms with E-state index in [-0.39, 0.29) is 25.4 Å². The number of urea groups is 2. The van der Waals surface area contributed by atoms with Crippen LogP contribution in [0.4, 0.5) is 9.59 Å². The monoisotopic (exact) mass is 420 g/mol. The highest BCUT2D eigenvalue weighted by Gasteiger charge is 2.53. The van der Waals surface area contributed by atoms with Crippen LogP contribution in [0, 0.1) is 0 Å². The van der Waals surface area contributed by atoms with Gasteiger partial charge in [-0.1, -0.05) is 54.6 Å². The predicted octanol–water partition coefficient (Wildman–Crippen LogP) is 2.19. The van der Waals surface area contributed by atoms with E-state index in [1.165, 1.54) is 0 Å². The summed E-state index contributed by atoms with van der Waals surface area (Å²) >= 11 is 0. The maximum atomic E-state index is 13.2. The Morgan fingerprint density at radius 3 is 2.58 bits per heavy atom. The standard InChI is InChI=1S/C23H24N4O4/c28-19(25-21(30)24-15-16-7-2-1-3-8-16)12-14-27-20(29)23(26-22(27)31)13-6-10-17-9-4-5-11-18(17)23/h1-5,7-9,11H,6,10,12-15H2,(H,26,31)(H2,24,25,28,30). The predicted molar refractivity (Wildman–Crippen MR) is 113 cm³/mol. The second-order valence-corrected chi connectivity index (χ2v) is 7.77. The van der Waals surface area contributed by atoms with E-state index < -0.39 is 23.5 Å². The lowest BCUT2D eigenvalue weighted by atomic mass is 9.76. The first-order valence-corrected chi connectivity index (χ1v) is 10.3. The van der Waals surface area contributed by atoms with Crippen molar-refractivity contribution in [2.45, 2.75) is 37.8 Å². The van der Waals surface area contributed by atoms with Crippen LogP contribution in [-0.4, -0.2) is 35.3 Å². The first-order valence-electron chi connectivity index (χ1n) is 10.3. The molecule has 2 aromatic carbocycles. The molecule has 4 rings (SSSR count). The van der Waals surface area contributed by atoms with Gasteiger partial charge in [0.25, 0.3) is 5.91 Å². The number of benzene rings is 2. The van der Waals surface area contributed by atoms with E-state index in [0.717, 1.165) is 34.4 Å². The third kappa shape index (κ3) is 4.14. The number of hydrogen-bond acceptors (Lipinski definition) is 4. The highest BCUT2D eigenvalue weighted by molar-refractivity contribution is 6.08. The molecule has 0 bridgehead atoms. The van der Waals surface area contributed by atoms with Gasteiger partial charge < -0.3 is 10.6 Å². The number of nitrogens with one attached hydrogen (secondary N) is 3. The van der Waals surface area contributed by atoms with Gasteiger partial charge in [0.05, 0.1) is 0 Å². The number of imide groups is 2. The van der Waals surface area contributed by atoms with Crippen molar-refractivity contribution in [1.82, 2.24) is 20.9 Å². The van der Waals surface area contributed by atoms with Crippen LogP contribution in [0.5, 0.6) is 0 Å². The molecule has 1 saturated heterocycles. The van der Waals surface area contributed by atoms with Crippen LogP contribution < -0.4 is 16.0 Å². The van der Waals surface area contributed by atoms with Crippen LogP contribution >= 0.6 is 0 Å². The second-order valence-electron chi connectivity index (χ2n) is 7.77. The molecule has 3 N–H and O–H groups in total. The smallest absolute Gasteiger partial charge is 0.325 e. The molecule has 8 heteroatoms. The third-order valence-corrected chi connectivity index (χ3v) is 5.76. The van der Waals surface area contributed by atoms with Gasteiger partial charge in [-0.25, -0.2) is 9.59 Å². The van der Waals surface area contributed by atoms with Crippen molar-refractivity contribution >= 4 is 23.9 Å². The molecular weight excluding hydrogens is 396 g/mol. The number of rotatable bonds is 5. The summed E-state index contributed by atoms with van der Waals surface area (Å²) in [5.41, 5.74) is 1.72. The van der Waals surface area contributed by atoms with Gasteiger partial charge in [0.15, 0.2) is 0 Å². The first-order chi connectivity index (χ1) is 15.0. The van der Waals surface area contributed by atoms with Gasteiger partial charge >= 0.3 is 12.1 Å². The van der Waals surface area contributed by atoms with Gasteiger partial charge in [-0.15, -0.1) is 0 Å². The molecule has 1 spiro atoms. The zero-order chi connectivity index (χ0) is 21.8. The topological polar surface area (TPSA) is 108 Å². The van der Waals surface area contributed by atoms with Gasteiger partial charge in [0.1, 0.15) is 5.54 Å². The molecule has 31 heavy (non-hydrogen) atoms. The number of amides is 6. The van der Waals surface area contributed by atoms with Gasteiger partial charge in [-0.3, -0.25) is 19.8 Å². The largest absolute Gasteiger partial charge is 0.334 e. The van der Waals surface area contributed by atoms with E-state index in [2.05, 4.69) is 16.0 Å². The summed E-state index contributed by atoms with van der Waals surface area (Å²) in [5, 5.41) is 7.69. The van der Waals surface area contributed by atoms with Gasteiger partial charge in [-0.05, 0) is 36.0 Å². The molecule has 1 aliphatic heterocycles. The summed E-state index contributed by atoms with van der Waals surface area (Å²) in [5.74, 6) is -0.901. The normalized spacial score (nSPS) is 19.7. The quantitative estimate of drug-likeness (QED) is 0.645. The maximum Gasteiger partial charge on any atom is 0.325 e. The molecule has 1 fully saturated rings. The van der Waals surface area contributed by atoms with Crippen molar-refractivity contribution in [3.8, 4) is 0 Å². The highest BCUT2D eigenvalue weighted by Crippen LogP contribution is 2.39. The van der Waals surface area contributed by atoms with Crippen LogP contribution in [-0.2, 0) is 28.1 Å². The molecule has 2 aliphatic rings. The highest BCUT2D eigenvalue weighted by atomic mass is 16.2. The van der Waals surface area contributed by atoms with Crippen molar-refractivity contribution in [3.05, 3.63) is 71.3 Å². The second kappa shape index (κ2) is 8.59. The Bertz CT molecular complexity index is 1020. The number of fused-ring (bicyclic) bond motifs is 2. The van der Waals surface area contributed by atoms with E-state index in [9.17, 15) is 19.2 Å². The van der Waals surface area contributed by atoms with Crippen LogP contribution in [0.3, 0.4) is 0 Å². The number of carbonyl (C=O) groups is 4. The number of nitrogens with zero attached hydrogens (tertiary/aromatic N) is 1. The number of carbonyl (C=O) groups excluding carboxylic acids is 4. The lowest BCUT2D eigenvalue weighted by molar-refractivity contribution is -0.132.